The van der Waals surface area contributed by atoms with Gasteiger partial charge in [0, 0.05) is 35.5 Å². The highest BCUT2D eigenvalue weighted by Crippen LogP contribution is 2.27. The molecule has 39 heavy (non-hydrogen) atoms. The molecule has 4 N–H and O–H groups in total. The maximum absolute atomic E-state index is 13.5. The Morgan fingerprint density at radius 2 is 1.54 bits per heavy atom. The van der Waals surface area contributed by atoms with Crippen LogP contribution in [0.25, 0.3) is 11.4 Å². The van der Waals surface area contributed by atoms with Gasteiger partial charge in [0.2, 0.25) is 0 Å². The van der Waals surface area contributed by atoms with Gasteiger partial charge < -0.3 is 25.7 Å². The molecule has 1 fully saturated rings. The first-order valence-corrected chi connectivity index (χ1v) is 12.8. The van der Waals surface area contributed by atoms with Crippen LogP contribution in [0.2, 0.25) is 0 Å². The second-order valence-corrected chi connectivity index (χ2v) is 9.35. The molecule has 2 heterocycles. The lowest BCUT2D eigenvalue weighted by Gasteiger charge is -2.29. The zero-order valence-electron chi connectivity index (χ0n) is 21.2. The second-order valence-electron chi connectivity index (χ2n) is 9.35. The summed E-state index contributed by atoms with van der Waals surface area (Å²) in [5, 5.41) is 24.6. The van der Waals surface area contributed by atoms with E-state index in [1.807, 2.05) is 36.4 Å². The number of piperidine rings is 1. The van der Waals surface area contributed by atoms with Crippen molar-refractivity contribution >= 4 is 28.9 Å². The fourth-order valence-electron chi connectivity index (χ4n) is 4.54. The topological polar surface area (TPSA) is 128 Å². The van der Waals surface area contributed by atoms with E-state index in [0.717, 1.165) is 37.2 Å². The van der Waals surface area contributed by atoms with Crippen LogP contribution in [0.5, 0.6) is 0 Å². The highest BCUT2D eigenvalue weighted by molar-refractivity contribution is 6.13. The molecule has 0 unspecified atom stereocenters. The van der Waals surface area contributed by atoms with Crippen LogP contribution in [-0.4, -0.2) is 45.1 Å². The lowest BCUT2D eigenvalue weighted by atomic mass is 10.1. The number of anilines is 3. The number of carbonyl (C=O) groups excluding carboxylic acids is 2. The van der Waals surface area contributed by atoms with Gasteiger partial charge in [0.05, 0.1) is 29.3 Å². The number of benzene rings is 3. The molecule has 0 radical (unpaired) electrons. The van der Waals surface area contributed by atoms with Crippen LogP contribution in [-0.2, 0) is 0 Å². The first-order valence-electron chi connectivity index (χ1n) is 12.8. The molecule has 2 amide bonds. The molecular formula is C30H29N5O4. The highest BCUT2D eigenvalue weighted by atomic mass is 16.5. The molecule has 1 aromatic heterocycles. The minimum absolute atomic E-state index is 0.194. The van der Waals surface area contributed by atoms with E-state index in [9.17, 15) is 19.8 Å². The maximum atomic E-state index is 13.5. The minimum atomic E-state index is -1.70. The molecule has 3 aromatic carbocycles. The predicted molar refractivity (Wildman–Crippen MR) is 150 cm³/mol. The Hall–Kier alpha value is -4.60. The molecular weight excluding hydrogens is 494 g/mol. The van der Waals surface area contributed by atoms with Crippen LogP contribution < -0.4 is 15.5 Å². The fourth-order valence-corrected chi connectivity index (χ4v) is 4.54. The molecule has 198 valence electrons. The van der Waals surface area contributed by atoms with E-state index in [4.69, 9.17) is 0 Å². The Morgan fingerprint density at radius 1 is 0.795 bits per heavy atom. The number of nitrogens with one attached hydrogen (secondary N) is 2. The highest BCUT2D eigenvalue weighted by Gasteiger charge is 2.19. The zero-order valence-corrected chi connectivity index (χ0v) is 21.2. The largest absolute Gasteiger partial charge is 0.372 e. The Morgan fingerprint density at radius 3 is 2.26 bits per heavy atom. The smallest absolute Gasteiger partial charge is 0.257 e. The quantitative estimate of drug-likeness (QED) is 0.260. The summed E-state index contributed by atoms with van der Waals surface area (Å²) in [7, 11) is 0. The number of amides is 2. The van der Waals surface area contributed by atoms with Crippen molar-refractivity contribution in [3.05, 3.63) is 102 Å². The Balaban J connectivity index is 1.41. The van der Waals surface area contributed by atoms with E-state index in [0.29, 0.717) is 17.2 Å². The summed E-state index contributed by atoms with van der Waals surface area (Å²) in [6.45, 7) is 1.80. The number of hydrogen-bond acceptors (Lipinski definition) is 7. The number of aliphatic hydroxyl groups excluding tert-OH is 1. The molecule has 9 nitrogen and oxygen atoms in total. The van der Waals surface area contributed by atoms with Crippen molar-refractivity contribution in [3.63, 3.8) is 0 Å². The SMILES string of the molecule is O=C(Nc1ccc(N2CCCCC2)cc1C(=O)Nc1cnc(-c2ccccc2)nc1)c1cccc(C(O)O)c1. The number of aliphatic hydroxyl groups is 2. The van der Waals surface area contributed by atoms with Gasteiger partial charge in [-0.05, 0) is 49.6 Å². The Labute approximate surface area is 226 Å². The van der Waals surface area contributed by atoms with Crippen LogP contribution in [0.1, 0.15) is 51.8 Å². The van der Waals surface area contributed by atoms with Gasteiger partial charge in [-0.15, -0.1) is 0 Å². The van der Waals surface area contributed by atoms with Gasteiger partial charge in [-0.3, -0.25) is 9.59 Å². The number of carbonyl (C=O) groups is 2. The zero-order chi connectivity index (χ0) is 27.2. The summed E-state index contributed by atoms with van der Waals surface area (Å²) in [6.07, 6.45) is 4.74. The lowest BCUT2D eigenvalue weighted by molar-refractivity contribution is -0.0425. The van der Waals surface area contributed by atoms with Gasteiger partial charge >= 0.3 is 0 Å². The third kappa shape index (κ3) is 6.28. The van der Waals surface area contributed by atoms with Crippen molar-refractivity contribution in [3.8, 4) is 11.4 Å². The van der Waals surface area contributed by atoms with Crippen molar-refractivity contribution in [2.24, 2.45) is 0 Å². The van der Waals surface area contributed by atoms with Crippen molar-refractivity contribution in [2.45, 2.75) is 25.6 Å². The van der Waals surface area contributed by atoms with E-state index < -0.39 is 18.1 Å². The van der Waals surface area contributed by atoms with Crippen molar-refractivity contribution in [2.75, 3.05) is 28.6 Å². The first kappa shape index (κ1) is 26.0. The summed E-state index contributed by atoms with van der Waals surface area (Å²) < 4.78 is 0. The fraction of sp³-hybridized carbons (Fsp3) is 0.200. The third-order valence-electron chi connectivity index (χ3n) is 6.61. The van der Waals surface area contributed by atoms with E-state index >= 15 is 0 Å². The van der Waals surface area contributed by atoms with Gasteiger partial charge in [0.1, 0.15) is 0 Å². The van der Waals surface area contributed by atoms with Crippen molar-refractivity contribution in [1.29, 1.82) is 0 Å². The average molecular weight is 524 g/mol. The Kier molecular flexibility index (Phi) is 7.91. The van der Waals surface area contributed by atoms with Gasteiger partial charge in [-0.2, -0.15) is 0 Å². The molecule has 0 saturated carbocycles. The van der Waals surface area contributed by atoms with Crippen LogP contribution in [0, 0.1) is 0 Å². The number of nitrogens with zero attached hydrogens (tertiary/aromatic N) is 3. The monoisotopic (exact) mass is 523 g/mol. The van der Waals surface area contributed by atoms with Crippen molar-refractivity contribution < 1.29 is 19.8 Å². The summed E-state index contributed by atoms with van der Waals surface area (Å²) >= 11 is 0. The maximum Gasteiger partial charge on any atom is 0.257 e. The molecule has 1 aliphatic heterocycles. The molecule has 1 aliphatic rings. The summed E-state index contributed by atoms with van der Waals surface area (Å²) in [5.41, 5.74) is 3.24. The van der Waals surface area contributed by atoms with Crippen LogP contribution >= 0.6 is 0 Å². The molecule has 4 aromatic rings. The average Bonchev–Trinajstić information content (AvgIpc) is 2.98. The molecule has 9 heteroatoms. The first-order chi connectivity index (χ1) is 19.0. The van der Waals surface area contributed by atoms with Gasteiger partial charge in [-0.25, -0.2) is 9.97 Å². The standard InChI is InChI=1S/C30H29N5O4/c36-28(21-10-7-11-22(16-21)30(38)39)34-26-13-12-24(35-14-5-2-6-15-35)17-25(26)29(37)33-23-18-31-27(32-19-23)20-8-3-1-4-9-20/h1,3-4,7-13,16-19,30,38-39H,2,5-6,14-15H2,(H,33,37)(H,34,36). The van der Waals surface area contributed by atoms with Gasteiger partial charge in [0.25, 0.3) is 11.8 Å². The number of hydrogen-bond donors (Lipinski definition) is 4. The van der Waals surface area contributed by atoms with E-state index in [1.54, 1.807) is 36.7 Å². The van der Waals surface area contributed by atoms with Gasteiger partial charge in [0.15, 0.2) is 12.1 Å². The molecule has 0 bridgehead atoms. The Bertz CT molecular complexity index is 1450. The van der Waals surface area contributed by atoms with Crippen LogP contribution in [0.4, 0.5) is 17.1 Å². The lowest BCUT2D eigenvalue weighted by Crippen LogP contribution is -2.29. The third-order valence-corrected chi connectivity index (χ3v) is 6.61. The number of rotatable bonds is 7. The number of aromatic nitrogens is 2. The van der Waals surface area contributed by atoms with Crippen molar-refractivity contribution in [1.82, 2.24) is 9.97 Å². The van der Waals surface area contributed by atoms with E-state index in [1.165, 1.54) is 18.6 Å². The van der Waals surface area contributed by atoms with E-state index in [-0.39, 0.29) is 16.7 Å². The molecule has 1 saturated heterocycles. The van der Waals surface area contributed by atoms with Crippen LogP contribution in [0.3, 0.4) is 0 Å². The summed E-state index contributed by atoms with van der Waals surface area (Å²) in [5.74, 6) is -0.351. The van der Waals surface area contributed by atoms with Crippen LogP contribution in [0.15, 0.2) is 85.2 Å². The summed E-state index contributed by atoms with van der Waals surface area (Å²) in [4.78, 5) is 37.5. The molecule has 0 aliphatic carbocycles. The normalized spacial score (nSPS) is 13.3. The van der Waals surface area contributed by atoms with Gasteiger partial charge in [-0.1, -0.05) is 42.5 Å². The molecule has 0 atom stereocenters. The molecule has 0 spiro atoms. The second kappa shape index (κ2) is 11.8. The van der Waals surface area contributed by atoms with E-state index in [2.05, 4.69) is 25.5 Å². The predicted octanol–water partition coefficient (Wildman–Crippen LogP) is 4.62. The molecule has 5 rings (SSSR count). The summed E-state index contributed by atoms with van der Waals surface area (Å²) in [6, 6.07) is 21.0. The minimum Gasteiger partial charge on any atom is -0.372 e.